The van der Waals surface area contributed by atoms with Crippen molar-refractivity contribution in [1.29, 1.82) is 0 Å². The molecule has 0 aliphatic rings. The van der Waals surface area contributed by atoms with Gasteiger partial charge in [0.2, 0.25) is 5.96 Å². The van der Waals surface area contributed by atoms with E-state index in [0.29, 0.717) is 5.69 Å². The van der Waals surface area contributed by atoms with E-state index in [4.69, 9.17) is 17.2 Å². The van der Waals surface area contributed by atoms with Crippen LogP contribution < -0.4 is 17.2 Å². The van der Waals surface area contributed by atoms with E-state index in [0.717, 1.165) is 14.8 Å². The molecule has 0 unspecified atom stereocenters. The number of nitrogens with two attached hydrogens (primary N) is 3. The molecule has 6 N–H and O–H groups in total. The highest BCUT2D eigenvalue weighted by Gasteiger charge is 2.05. The standard InChI is InChI=1S/C15H14N6S2/c16-13(17)21-14(18)19-9-5-7-10(8-6-9)22-15-20-11-3-1-2-4-12(11)23-15/h1-8H,(H6,16,17,18,19,21). The van der Waals surface area contributed by atoms with Crippen molar-refractivity contribution in [3.05, 3.63) is 48.5 Å². The van der Waals surface area contributed by atoms with Crippen molar-refractivity contribution >= 4 is 50.9 Å². The van der Waals surface area contributed by atoms with Crippen molar-refractivity contribution in [2.24, 2.45) is 27.2 Å². The van der Waals surface area contributed by atoms with E-state index in [1.807, 2.05) is 42.5 Å². The van der Waals surface area contributed by atoms with E-state index in [1.165, 1.54) is 4.70 Å². The van der Waals surface area contributed by atoms with E-state index < -0.39 is 0 Å². The number of aliphatic imine (C=N–C) groups is 2. The van der Waals surface area contributed by atoms with Gasteiger partial charge in [-0.2, -0.15) is 4.99 Å². The highest BCUT2D eigenvalue weighted by atomic mass is 32.2. The zero-order chi connectivity index (χ0) is 16.2. The summed E-state index contributed by atoms with van der Waals surface area (Å²) in [6, 6.07) is 15.7. The molecule has 116 valence electrons. The van der Waals surface area contributed by atoms with Crippen LogP contribution in [0.4, 0.5) is 5.69 Å². The minimum atomic E-state index is -0.116. The van der Waals surface area contributed by atoms with Gasteiger partial charge in [0.1, 0.15) is 0 Å². The van der Waals surface area contributed by atoms with Gasteiger partial charge < -0.3 is 17.2 Å². The topological polar surface area (TPSA) is 116 Å². The summed E-state index contributed by atoms with van der Waals surface area (Å²) in [7, 11) is 0. The van der Waals surface area contributed by atoms with Gasteiger partial charge in [-0.1, -0.05) is 23.9 Å². The fourth-order valence-corrected chi connectivity index (χ4v) is 3.91. The molecule has 3 rings (SSSR count). The van der Waals surface area contributed by atoms with Gasteiger partial charge in [-0.3, -0.25) is 0 Å². The fourth-order valence-electron chi connectivity index (χ4n) is 1.87. The van der Waals surface area contributed by atoms with Gasteiger partial charge in [-0.15, -0.1) is 11.3 Å². The van der Waals surface area contributed by atoms with Crippen LogP contribution in [-0.2, 0) is 0 Å². The first kappa shape index (κ1) is 15.3. The molecule has 0 aliphatic carbocycles. The van der Waals surface area contributed by atoms with Crippen molar-refractivity contribution in [2.45, 2.75) is 9.24 Å². The molecule has 1 aromatic heterocycles. The number of rotatable bonds is 3. The summed E-state index contributed by atoms with van der Waals surface area (Å²) in [6.45, 7) is 0. The Morgan fingerprint density at radius 3 is 2.43 bits per heavy atom. The maximum absolute atomic E-state index is 5.60. The van der Waals surface area contributed by atoms with Crippen LogP contribution in [0.15, 0.2) is 67.8 Å². The van der Waals surface area contributed by atoms with E-state index in [2.05, 4.69) is 21.0 Å². The molecule has 0 saturated carbocycles. The molecule has 2 aromatic carbocycles. The summed E-state index contributed by atoms with van der Waals surface area (Å²) in [5.41, 5.74) is 17.8. The average Bonchev–Trinajstić information content (AvgIpc) is 2.90. The van der Waals surface area contributed by atoms with Crippen LogP contribution in [0.2, 0.25) is 0 Å². The summed E-state index contributed by atoms with van der Waals surface area (Å²) in [6.07, 6.45) is 0. The third kappa shape index (κ3) is 3.99. The van der Waals surface area contributed by atoms with E-state index in [9.17, 15) is 0 Å². The Morgan fingerprint density at radius 1 is 1.00 bits per heavy atom. The predicted molar refractivity (Wildman–Crippen MR) is 97.3 cm³/mol. The fraction of sp³-hybridized carbons (Fsp3) is 0. The monoisotopic (exact) mass is 342 g/mol. The van der Waals surface area contributed by atoms with Gasteiger partial charge >= 0.3 is 0 Å². The van der Waals surface area contributed by atoms with Crippen LogP contribution in [-0.4, -0.2) is 16.9 Å². The average molecular weight is 342 g/mol. The number of thiazole rings is 1. The molecule has 0 amide bonds. The highest BCUT2D eigenvalue weighted by Crippen LogP contribution is 2.34. The van der Waals surface area contributed by atoms with Crippen LogP contribution >= 0.6 is 23.1 Å². The quantitative estimate of drug-likeness (QED) is 0.500. The van der Waals surface area contributed by atoms with Gasteiger partial charge in [-0.25, -0.2) is 9.98 Å². The number of aromatic nitrogens is 1. The lowest BCUT2D eigenvalue weighted by molar-refractivity contribution is 1.29. The number of fused-ring (bicyclic) bond motifs is 1. The molecule has 0 aliphatic heterocycles. The summed E-state index contributed by atoms with van der Waals surface area (Å²) < 4.78 is 2.18. The zero-order valence-electron chi connectivity index (χ0n) is 12.0. The van der Waals surface area contributed by atoms with Crippen LogP contribution in [0.3, 0.4) is 0 Å². The smallest absolute Gasteiger partial charge is 0.223 e. The summed E-state index contributed by atoms with van der Waals surface area (Å²) >= 11 is 3.28. The maximum atomic E-state index is 5.60. The second kappa shape index (κ2) is 6.67. The largest absolute Gasteiger partial charge is 0.370 e. The van der Waals surface area contributed by atoms with E-state index >= 15 is 0 Å². The molecule has 0 atom stereocenters. The molecule has 6 nitrogen and oxygen atoms in total. The van der Waals surface area contributed by atoms with Crippen molar-refractivity contribution in [3.63, 3.8) is 0 Å². The zero-order valence-corrected chi connectivity index (χ0v) is 13.6. The normalized spacial score (nSPS) is 11.6. The second-order valence-electron chi connectivity index (χ2n) is 4.55. The van der Waals surface area contributed by atoms with Gasteiger partial charge in [-0.05, 0) is 36.4 Å². The number of hydrogen-bond donors (Lipinski definition) is 3. The first-order chi connectivity index (χ1) is 11.1. The predicted octanol–water partition coefficient (Wildman–Crippen LogP) is 2.67. The molecule has 3 aromatic rings. The van der Waals surface area contributed by atoms with Crippen LogP contribution in [0.25, 0.3) is 10.2 Å². The molecular weight excluding hydrogens is 328 g/mol. The van der Waals surface area contributed by atoms with Crippen molar-refractivity contribution in [1.82, 2.24) is 4.98 Å². The minimum Gasteiger partial charge on any atom is -0.370 e. The molecule has 0 bridgehead atoms. The Hall–Kier alpha value is -2.58. The minimum absolute atomic E-state index is 0.0246. The lowest BCUT2D eigenvalue weighted by Gasteiger charge is -1.99. The number of para-hydroxylation sites is 1. The number of nitrogens with zero attached hydrogens (tertiary/aromatic N) is 3. The Bertz CT molecular complexity index is 845. The molecule has 0 saturated heterocycles. The van der Waals surface area contributed by atoms with Crippen molar-refractivity contribution in [3.8, 4) is 0 Å². The lowest BCUT2D eigenvalue weighted by atomic mass is 10.3. The molecule has 1 heterocycles. The summed E-state index contributed by atoms with van der Waals surface area (Å²) in [5, 5.41) is 0. The Balaban J connectivity index is 1.76. The first-order valence-corrected chi connectivity index (χ1v) is 8.31. The number of hydrogen-bond acceptors (Lipinski definition) is 4. The van der Waals surface area contributed by atoms with Gasteiger partial charge in [0, 0.05) is 4.90 Å². The van der Waals surface area contributed by atoms with Gasteiger partial charge in [0.25, 0.3) is 0 Å². The molecule has 8 heteroatoms. The summed E-state index contributed by atoms with van der Waals surface area (Å²) in [4.78, 5) is 13.5. The summed E-state index contributed by atoms with van der Waals surface area (Å²) in [5.74, 6) is -0.0918. The molecule has 0 fully saturated rings. The van der Waals surface area contributed by atoms with Crippen LogP contribution in [0.5, 0.6) is 0 Å². The van der Waals surface area contributed by atoms with Crippen LogP contribution in [0, 0.1) is 0 Å². The second-order valence-corrected chi connectivity index (χ2v) is 6.90. The first-order valence-electron chi connectivity index (χ1n) is 6.67. The Labute approximate surface area is 141 Å². The SMILES string of the molecule is NC(N)=NC(N)=Nc1ccc(Sc2nc3ccccc3s2)cc1. The Morgan fingerprint density at radius 2 is 1.74 bits per heavy atom. The van der Waals surface area contributed by atoms with E-state index in [1.54, 1.807) is 23.1 Å². The van der Waals surface area contributed by atoms with Crippen molar-refractivity contribution in [2.75, 3.05) is 0 Å². The van der Waals surface area contributed by atoms with Crippen molar-refractivity contribution < 1.29 is 0 Å². The lowest BCUT2D eigenvalue weighted by Crippen LogP contribution is -2.26. The molecule has 0 spiro atoms. The number of guanidine groups is 2. The third-order valence-corrected chi connectivity index (χ3v) is 4.91. The van der Waals surface area contributed by atoms with E-state index in [-0.39, 0.29) is 11.9 Å². The Kier molecular flexibility index (Phi) is 4.45. The maximum Gasteiger partial charge on any atom is 0.223 e. The number of benzene rings is 2. The molecular formula is C15H14N6S2. The van der Waals surface area contributed by atoms with Gasteiger partial charge in [0.15, 0.2) is 10.3 Å². The molecule has 23 heavy (non-hydrogen) atoms. The highest BCUT2D eigenvalue weighted by molar-refractivity contribution is 8.01. The van der Waals surface area contributed by atoms with Gasteiger partial charge in [0.05, 0.1) is 15.9 Å². The third-order valence-electron chi connectivity index (χ3n) is 2.80. The van der Waals surface area contributed by atoms with Crippen LogP contribution in [0.1, 0.15) is 0 Å². The molecule has 0 radical (unpaired) electrons.